The van der Waals surface area contributed by atoms with E-state index in [1.165, 1.54) is 5.39 Å². The molecule has 2 unspecified atom stereocenters. The van der Waals surface area contributed by atoms with Gasteiger partial charge in [0.15, 0.2) is 0 Å². The Morgan fingerprint density at radius 3 is 2.50 bits per heavy atom. The Kier molecular flexibility index (Phi) is 5.48. The Bertz CT molecular complexity index is 850. The molecule has 2 aromatic carbocycles. The van der Waals surface area contributed by atoms with Crippen LogP contribution in [0.2, 0.25) is 0 Å². The Morgan fingerprint density at radius 1 is 1.04 bits per heavy atom. The largest absolute Gasteiger partial charge is 0.368 e. The summed E-state index contributed by atoms with van der Waals surface area (Å²) >= 11 is 0. The molecule has 4 rings (SSSR count). The minimum atomic E-state index is -0.285. The lowest BCUT2D eigenvalue weighted by atomic mass is 10.00. The molecular weight excluding hydrogens is 354 g/mol. The van der Waals surface area contributed by atoms with E-state index in [0.717, 1.165) is 23.8 Å². The van der Waals surface area contributed by atoms with Crippen LogP contribution in [-0.4, -0.2) is 60.6 Å². The molecule has 0 bridgehead atoms. The number of carbonyl (C=O) groups excluding carboxylic acids is 2. The third kappa shape index (κ3) is 3.83. The first kappa shape index (κ1) is 18.7. The van der Waals surface area contributed by atoms with Gasteiger partial charge in [0.25, 0.3) is 5.91 Å². The van der Waals surface area contributed by atoms with Crippen molar-refractivity contribution in [3.8, 4) is 0 Å². The van der Waals surface area contributed by atoms with Gasteiger partial charge in [-0.2, -0.15) is 0 Å². The molecule has 148 valence electrons. The first-order valence-corrected chi connectivity index (χ1v) is 10.1. The quantitative estimate of drug-likeness (QED) is 0.889. The molecule has 2 aliphatic rings. The highest BCUT2D eigenvalue weighted by atomic mass is 16.5. The number of ether oxygens (including phenoxy) is 1. The molecule has 0 aromatic heterocycles. The number of hydrogen-bond donors (Lipinski definition) is 1. The molecule has 6 heteroatoms. The monoisotopic (exact) mass is 381 g/mol. The standard InChI is InChI=1S/C22H27N3O3/c1-16(18-9-4-7-17-6-2-3-8-19(17)18)23-22(27)25-13-11-24(12-14-25)21(26)20-10-5-15-28-20/h2-4,6-9,16,20H,5,10-15H2,1H3,(H,23,27). The van der Waals surface area contributed by atoms with Crippen molar-refractivity contribution in [2.45, 2.75) is 31.9 Å². The Labute approximate surface area is 165 Å². The third-order valence-electron chi connectivity index (χ3n) is 5.71. The summed E-state index contributed by atoms with van der Waals surface area (Å²) in [6.07, 6.45) is 1.47. The van der Waals surface area contributed by atoms with Gasteiger partial charge in [-0.25, -0.2) is 4.79 Å². The van der Waals surface area contributed by atoms with Gasteiger partial charge < -0.3 is 19.9 Å². The van der Waals surface area contributed by atoms with Crippen LogP contribution < -0.4 is 5.32 Å². The molecule has 3 amide bonds. The van der Waals surface area contributed by atoms with Gasteiger partial charge in [-0.3, -0.25) is 4.79 Å². The molecule has 0 radical (unpaired) electrons. The normalized spacial score (nSPS) is 21.0. The van der Waals surface area contributed by atoms with E-state index in [1.54, 1.807) is 4.90 Å². The van der Waals surface area contributed by atoms with Crippen LogP contribution in [0.5, 0.6) is 0 Å². The molecule has 2 aromatic rings. The van der Waals surface area contributed by atoms with E-state index in [1.807, 2.05) is 30.0 Å². The fourth-order valence-corrected chi connectivity index (χ4v) is 4.09. The molecule has 1 N–H and O–H groups in total. The second-order valence-corrected chi connectivity index (χ2v) is 7.55. The average Bonchev–Trinajstić information content (AvgIpc) is 3.27. The predicted octanol–water partition coefficient (Wildman–Crippen LogP) is 2.93. The van der Waals surface area contributed by atoms with Crippen molar-refractivity contribution < 1.29 is 14.3 Å². The Hall–Kier alpha value is -2.60. The average molecular weight is 381 g/mol. The number of urea groups is 1. The van der Waals surface area contributed by atoms with Crippen molar-refractivity contribution in [2.75, 3.05) is 32.8 Å². The fraction of sp³-hybridized carbons (Fsp3) is 0.455. The SMILES string of the molecule is CC(NC(=O)N1CCN(C(=O)C2CCCO2)CC1)c1cccc2ccccc12. The second-order valence-electron chi connectivity index (χ2n) is 7.55. The van der Waals surface area contributed by atoms with Crippen LogP contribution in [0, 0.1) is 0 Å². The summed E-state index contributed by atoms with van der Waals surface area (Å²) in [5, 5.41) is 5.44. The Morgan fingerprint density at radius 2 is 1.75 bits per heavy atom. The lowest BCUT2D eigenvalue weighted by molar-refractivity contribution is -0.142. The maximum atomic E-state index is 12.7. The van der Waals surface area contributed by atoms with Crippen LogP contribution in [0.15, 0.2) is 42.5 Å². The number of amides is 3. The number of piperazine rings is 1. The zero-order chi connectivity index (χ0) is 19.5. The van der Waals surface area contributed by atoms with Gasteiger partial charge in [0.1, 0.15) is 6.10 Å². The predicted molar refractivity (Wildman–Crippen MR) is 108 cm³/mol. The van der Waals surface area contributed by atoms with Gasteiger partial charge in [0.05, 0.1) is 6.04 Å². The van der Waals surface area contributed by atoms with Gasteiger partial charge in [-0.05, 0) is 36.1 Å². The van der Waals surface area contributed by atoms with Crippen LogP contribution in [0.3, 0.4) is 0 Å². The number of carbonyl (C=O) groups is 2. The zero-order valence-electron chi connectivity index (χ0n) is 16.3. The van der Waals surface area contributed by atoms with E-state index < -0.39 is 0 Å². The van der Waals surface area contributed by atoms with E-state index in [0.29, 0.717) is 32.8 Å². The van der Waals surface area contributed by atoms with E-state index in [9.17, 15) is 9.59 Å². The molecule has 0 aliphatic carbocycles. The van der Waals surface area contributed by atoms with Crippen LogP contribution in [0.1, 0.15) is 31.4 Å². The number of hydrogen-bond acceptors (Lipinski definition) is 3. The number of nitrogens with zero attached hydrogens (tertiary/aromatic N) is 2. The molecule has 28 heavy (non-hydrogen) atoms. The minimum absolute atomic E-state index is 0.0710. The molecule has 2 fully saturated rings. The topological polar surface area (TPSA) is 61.9 Å². The minimum Gasteiger partial charge on any atom is -0.368 e. The van der Waals surface area contributed by atoms with Crippen molar-refractivity contribution in [2.24, 2.45) is 0 Å². The highest BCUT2D eigenvalue weighted by Gasteiger charge is 2.31. The van der Waals surface area contributed by atoms with Crippen LogP contribution in [-0.2, 0) is 9.53 Å². The first-order valence-electron chi connectivity index (χ1n) is 10.1. The lowest BCUT2D eigenvalue weighted by Crippen LogP contribution is -2.55. The highest BCUT2D eigenvalue weighted by Crippen LogP contribution is 2.24. The van der Waals surface area contributed by atoms with Crippen molar-refractivity contribution in [1.29, 1.82) is 0 Å². The van der Waals surface area contributed by atoms with Gasteiger partial charge in [-0.15, -0.1) is 0 Å². The van der Waals surface area contributed by atoms with Gasteiger partial charge >= 0.3 is 6.03 Å². The smallest absolute Gasteiger partial charge is 0.317 e. The number of rotatable bonds is 3. The van der Waals surface area contributed by atoms with Crippen molar-refractivity contribution in [3.63, 3.8) is 0 Å². The van der Waals surface area contributed by atoms with Crippen molar-refractivity contribution in [1.82, 2.24) is 15.1 Å². The summed E-state index contributed by atoms with van der Waals surface area (Å²) in [7, 11) is 0. The van der Waals surface area contributed by atoms with E-state index in [2.05, 4.69) is 29.6 Å². The van der Waals surface area contributed by atoms with Crippen LogP contribution in [0.25, 0.3) is 10.8 Å². The van der Waals surface area contributed by atoms with Crippen LogP contribution >= 0.6 is 0 Å². The van der Waals surface area contributed by atoms with Gasteiger partial charge in [-0.1, -0.05) is 42.5 Å². The molecular formula is C22H27N3O3. The van der Waals surface area contributed by atoms with Crippen molar-refractivity contribution in [3.05, 3.63) is 48.0 Å². The van der Waals surface area contributed by atoms with Gasteiger partial charge in [0, 0.05) is 32.8 Å². The first-order chi connectivity index (χ1) is 13.6. The number of benzene rings is 2. The van der Waals surface area contributed by atoms with E-state index in [4.69, 9.17) is 4.74 Å². The lowest BCUT2D eigenvalue weighted by Gasteiger charge is -2.36. The molecule has 2 atom stereocenters. The summed E-state index contributed by atoms with van der Waals surface area (Å²) in [4.78, 5) is 28.8. The molecule has 0 spiro atoms. The van der Waals surface area contributed by atoms with Gasteiger partial charge in [0.2, 0.25) is 0 Å². The summed E-state index contributed by atoms with van der Waals surface area (Å²) in [5.74, 6) is 0.0710. The second kappa shape index (κ2) is 8.19. The van der Waals surface area contributed by atoms with E-state index >= 15 is 0 Å². The highest BCUT2D eigenvalue weighted by molar-refractivity contribution is 5.87. The third-order valence-corrected chi connectivity index (χ3v) is 5.71. The van der Waals surface area contributed by atoms with E-state index in [-0.39, 0.29) is 24.1 Å². The maximum absolute atomic E-state index is 12.7. The van der Waals surface area contributed by atoms with Crippen molar-refractivity contribution >= 4 is 22.7 Å². The maximum Gasteiger partial charge on any atom is 0.317 e. The summed E-state index contributed by atoms with van der Waals surface area (Å²) in [6.45, 7) is 4.91. The summed E-state index contributed by atoms with van der Waals surface area (Å²) < 4.78 is 5.49. The molecule has 2 saturated heterocycles. The molecule has 2 aliphatic heterocycles. The zero-order valence-corrected chi connectivity index (χ0v) is 16.3. The fourth-order valence-electron chi connectivity index (χ4n) is 4.09. The summed E-state index contributed by atoms with van der Waals surface area (Å²) in [5.41, 5.74) is 1.11. The molecule has 0 saturated carbocycles. The summed E-state index contributed by atoms with van der Waals surface area (Å²) in [6, 6.07) is 14.2. The molecule has 6 nitrogen and oxygen atoms in total. The molecule has 2 heterocycles. The number of nitrogens with one attached hydrogen (secondary N) is 1. The van der Waals surface area contributed by atoms with Crippen LogP contribution in [0.4, 0.5) is 4.79 Å². The number of fused-ring (bicyclic) bond motifs is 1. The Balaban J connectivity index is 1.34.